The van der Waals surface area contributed by atoms with Gasteiger partial charge in [0.1, 0.15) is 5.75 Å². The summed E-state index contributed by atoms with van der Waals surface area (Å²) in [5.74, 6) is 0.540. The van der Waals surface area contributed by atoms with Crippen LogP contribution >= 0.6 is 0 Å². The molecule has 0 bridgehead atoms. The first-order chi connectivity index (χ1) is 8.41. The van der Waals surface area contributed by atoms with E-state index in [4.69, 9.17) is 15.2 Å². The van der Waals surface area contributed by atoms with E-state index in [9.17, 15) is 8.42 Å². The fourth-order valence-electron chi connectivity index (χ4n) is 1.73. The van der Waals surface area contributed by atoms with Crippen molar-refractivity contribution in [3.05, 3.63) is 23.8 Å². The molecule has 0 aromatic heterocycles. The maximum absolute atomic E-state index is 11.5. The highest BCUT2D eigenvalue weighted by Gasteiger charge is 2.25. The average Bonchev–Trinajstić information content (AvgIpc) is 2.35. The molecular weight excluding hydrogens is 254 g/mol. The molecule has 2 atom stereocenters. The number of rotatable bonds is 3. The first-order valence-electron chi connectivity index (χ1n) is 5.78. The van der Waals surface area contributed by atoms with Crippen molar-refractivity contribution in [2.45, 2.75) is 37.2 Å². The molecule has 0 spiro atoms. The molecular formula is C12H17NO4S. The smallest absolute Gasteiger partial charge is 0.215 e. The number of hydrogen-bond acceptors (Lipinski definition) is 5. The largest absolute Gasteiger partial charge is 0.463 e. The van der Waals surface area contributed by atoms with Crippen LogP contribution in [0.15, 0.2) is 23.1 Å². The molecule has 0 fully saturated rings. The van der Waals surface area contributed by atoms with Crippen LogP contribution in [0.1, 0.15) is 18.9 Å². The van der Waals surface area contributed by atoms with Crippen molar-refractivity contribution < 1.29 is 17.9 Å². The molecule has 1 heterocycles. The highest BCUT2D eigenvalue weighted by molar-refractivity contribution is 7.90. The topological polar surface area (TPSA) is 78.6 Å². The van der Waals surface area contributed by atoms with Gasteiger partial charge < -0.3 is 15.2 Å². The molecule has 2 unspecified atom stereocenters. The van der Waals surface area contributed by atoms with Gasteiger partial charge in [-0.1, -0.05) is 13.0 Å². The molecule has 2 N–H and O–H groups in total. The van der Waals surface area contributed by atoms with Crippen LogP contribution in [-0.4, -0.2) is 27.0 Å². The van der Waals surface area contributed by atoms with E-state index in [1.54, 1.807) is 12.1 Å². The van der Waals surface area contributed by atoms with Gasteiger partial charge in [-0.3, -0.25) is 0 Å². The van der Waals surface area contributed by atoms with Crippen molar-refractivity contribution in [1.29, 1.82) is 0 Å². The SMILES string of the molecule is CCC(N)C1OCc2ccc(S(C)(=O)=O)cc2O1. The van der Waals surface area contributed by atoms with Crippen LogP contribution in [0.3, 0.4) is 0 Å². The van der Waals surface area contributed by atoms with Gasteiger partial charge in [0, 0.05) is 11.8 Å². The molecule has 0 saturated carbocycles. The molecule has 0 aliphatic carbocycles. The Labute approximate surface area is 107 Å². The van der Waals surface area contributed by atoms with Crippen molar-refractivity contribution in [3.63, 3.8) is 0 Å². The molecule has 18 heavy (non-hydrogen) atoms. The third-order valence-electron chi connectivity index (χ3n) is 2.93. The first-order valence-corrected chi connectivity index (χ1v) is 7.67. The van der Waals surface area contributed by atoms with Gasteiger partial charge in [0.05, 0.1) is 17.5 Å². The molecule has 0 radical (unpaired) electrons. The van der Waals surface area contributed by atoms with Gasteiger partial charge in [-0.05, 0) is 18.6 Å². The quantitative estimate of drug-likeness (QED) is 0.889. The predicted molar refractivity (Wildman–Crippen MR) is 67.0 cm³/mol. The fourth-order valence-corrected chi connectivity index (χ4v) is 2.37. The van der Waals surface area contributed by atoms with Crippen molar-refractivity contribution in [3.8, 4) is 5.75 Å². The summed E-state index contributed by atoms with van der Waals surface area (Å²) in [6, 6.07) is 4.57. The maximum Gasteiger partial charge on any atom is 0.215 e. The molecule has 1 aromatic rings. The summed E-state index contributed by atoms with van der Waals surface area (Å²) in [6.07, 6.45) is 1.38. The van der Waals surface area contributed by atoms with E-state index in [1.807, 2.05) is 6.92 Å². The Hall–Kier alpha value is -1.11. The summed E-state index contributed by atoms with van der Waals surface area (Å²) in [4.78, 5) is 0.243. The second kappa shape index (κ2) is 4.87. The maximum atomic E-state index is 11.5. The Morgan fingerprint density at radius 3 is 2.83 bits per heavy atom. The lowest BCUT2D eigenvalue weighted by atomic mass is 10.1. The molecule has 5 nitrogen and oxygen atoms in total. The summed E-state index contributed by atoms with van der Waals surface area (Å²) >= 11 is 0. The Morgan fingerprint density at radius 1 is 1.50 bits per heavy atom. The molecule has 6 heteroatoms. The van der Waals surface area contributed by atoms with Crippen molar-refractivity contribution >= 4 is 9.84 Å². The highest BCUT2D eigenvalue weighted by Crippen LogP contribution is 2.29. The minimum absolute atomic E-state index is 0.222. The Bertz CT molecular complexity index is 541. The molecule has 0 saturated heterocycles. The van der Waals surface area contributed by atoms with Gasteiger partial charge in [-0.15, -0.1) is 0 Å². The van der Waals surface area contributed by atoms with Gasteiger partial charge >= 0.3 is 0 Å². The number of hydrogen-bond donors (Lipinski definition) is 1. The summed E-state index contributed by atoms with van der Waals surface area (Å²) in [6.45, 7) is 2.33. The lowest BCUT2D eigenvalue weighted by Crippen LogP contribution is -2.42. The van der Waals surface area contributed by atoms with Crippen LogP contribution in [0.2, 0.25) is 0 Å². The minimum atomic E-state index is -3.23. The third-order valence-corrected chi connectivity index (χ3v) is 4.04. The number of benzene rings is 1. The normalized spacial score (nSPS) is 20.9. The van der Waals surface area contributed by atoms with Crippen molar-refractivity contribution in [1.82, 2.24) is 0 Å². The van der Waals surface area contributed by atoms with Crippen molar-refractivity contribution in [2.24, 2.45) is 5.73 Å². The highest BCUT2D eigenvalue weighted by atomic mass is 32.2. The second-order valence-corrected chi connectivity index (χ2v) is 6.43. The van der Waals surface area contributed by atoms with Gasteiger partial charge in [0.2, 0.25) is 6.29 Å². The number of nitrogens with two attached hydrogens (primary N) is 1. The summed E-state index contributed by atoms with van der Waals surface area (Å²) in [5.41, 5.74) is 6.70. The van der Waals surface area contributed by atoms with E-state index in [0.717, 1.165) is 12.0 Å². The average molecular weight is 271 g/mol. The summed E-state index contributed by atoms with van der Waals surface area (Å²) < 4.78 is 34.1. The molecule has 1 aliphatic rings. The molecule has 100 valence electrons. The standard InChI is InChI=1S/C12H17NO4S/c1-3-10(13)12-16-7-8-4-5-9(18(2,14)15)6-11(8)17-12/h4-6,10,12H,3,7,13H2,1-2H3. The van der Waals surface area contributed by atoms with E-state index in [-0.39, 0.29) is 10.9 Å². The molecule has 1 aromatic carbocycles. The van der Waals surface area contributed by atoms with Crippen LogP contribution in [0.5, 0.6) is 5.75 Å². The fraction of sp³-hybridized carbons (Fsp3) is 0.500. The van der Waals surface area contributed by atoms with E-state index < -0.39 is 16.1 Å². The zero-order valence-corrected chi connectivity index (χ0v) is 11.2. The van der Waals surface area contributed by atoms with E-state index >= 15 is 0 Å². The molecule has 0 amide bonds. The lowest BCUT2D eigenvalue weighted by Gasteiger charge is -2.30. The van der Waals surface area contributed by atoms with Crippen LogP contribution < -0.4 is 10.5 Å². The van der Waals surface area contributed by atoms with Gasteiger partial charge in [-0.2, -0.15) is 0 Å². The summed E-state index contributed by atoms with van der Waals surface area (Å²) in [5, 5.41) is 0. The van der Waals surface area contributed by atoms with Crippen LogP contribution in [-0.2, 0) is 21.2 Å². The Balaban J connectivity index is 2.30. The third kappa shape index (κ3) is 2.66. The van der Waals surface area contributed by atoms with Crippen molar-refractivity contribution in [2.75, 3.05) is 6.26 Å². The molecule has 2 rings (SSSR count). The van der Waals surface area contributed by atoms with Gasteiger partial charge in [0.15, 0.2) is 9.84 Å². The number of fused-ring (bicyclic) bond motifs is 1. The zero-order chi connectivity index (χ0) is 13.3. The van der Waals surface area contributed by atoms with Gasteiger partial charge in [-0.25, -0.2) is 8.42 Å². The lowest BCUT2D eigenvalue weighted by molar-refractivity contribution is -0.121. The second-order valence-electron chi connectivity index (χ2n) is 4.41. The Kier molecular flexibility index (Phi) is 3.61. The zero-order valence-electron chi connectivity index (χ0n) is 10.4. The van der Waals surface area contributed by atoms with Crippen LogP contribution in [0.4, 0.5) is 0 Å². The summed E-state index contributed by atoms with van der Waals surface area (Å²) in [7, 11) is -3.23. The predicted octanol–water partition coefficient (Wildman–Crippen LogP) is 1.06. The monoisotopic (exact) mass is 271 g/mol. The molecule has 1 aliphatic heterocycles. The number of ether oxygens (including phenoxy) is 2. The van der Waals surface area contributed by atoms with E-state index in [1.165, 1.54) is 12.3 Å². The van der Waals surface area contributed by atoms with E-state index in [2.05, 4.69) is 0 Å². The first kappa shape index (κ1) is 13.3. The van der Waals surface area contributed by atoms with E-state index in [0.29, 0.717) is 12.4 Å². The minimum Gasteiger partial charge on any atom is -0.463 e. The van der Waals surface area contributed by atoms with Crippen LogP contribution in [0, 0.1) is 0 Å². The van der Waals surface area contributed by atoms with Crippen LogP contribution in [0.25, 0.3) is 0 Å². The van der Waals surface area contributed by atoms with Gasteiger partial charge in [0.25, 0.3) is 0 Å². The number of sulfone groups is 1. The Morgan fingerprint density at radius 2 is 2.22 bits per heavy atom.